The average molecular weight is 410 g/mol. The number of halogens is 2. The first kappa shape index (κ1) is 21.0. The van der Waals surface area contributed by atoms with Gasteiger partial charge in [-0.05, 0) is 23.8 Å². The number of phenolic OH excluding ortho intramolecular Hbond substituents is 1. The molecule has 0 spiro atoms. The lowest BCUT2D eigenvalue weighted by molar-refractivity contribution is -0.132. The Labute approximate surface area is 170 Å². The van der Waals surface area contributed by atoms with Crippen LogP contribution in [0, 0.1) is 0 Å². The highest BCUT2D eigenvalue weighted by Crippen LogP contribution is 2.37. The van der Waals surface area contributed by atoms with E-state index in [1.165, 1.54) is 0 Å². The standard InChI is InChI=1S/C19H19N3O3.2ClH/c23-17-10-14(13-3-1-5-20-11-13)9-15-12-22(7-8-25-18(15)17)19(24)16-4-2-6-21-16;;/h1-5,9-11,16,21,23H,6-8,12H2;2*1H. The fourth-order valence-corrected chi connectivity index (χ4v) is 3.22. The van der Waals surface area contributed by atoms with Crippen LogP contribution in [-0.2, 0) is 11.3 Å². The molecular weight excluding hydrogens is 389 g/mol. The molecule has 0 saturated heterocycles. The summed E-state index contributed by atoms with van der Waals surface area (Å²) < 4.78 is 5.72. The molecule has 1 amide bonds. The van der Waals surface area contributed by atoms with Crippen molar-refractivity contribution in [3.63, 3.8) is 0 Å². The van der Waals surface area contributed by atoms with E-state index in [-0.39, 0.29) is 42.5 Å². The molecule has 0 saturated carbocycles. The van der Waals surface area contributed by atoms with Crippen LogP contribution in [0.25, 0.3) is 11.1 Å². The van der Waals surface area contributed by atoms with Crippen molar-refractivity contribution in [2.24, 2.45) is 0 Å². The fraction of sp³-hybridized carbons (Fsp3) is 0.263. The van der Waals surface area contributed by atoms with Gasteiger partial charge in [-0.25, -0.2) is 0 Å². The summed E-state index contributed by atoms with van der Waals surface area (Å²) in [5, 5.41) is 13.5. The maximum Gasteiger partial charge on any atom is 0.244 e. The third-order valence-corrected chi connectivity index (χ3v) is 4.47. The molecule has 0 fully saturated rings. The number of rotatable bonds is 2. The molecule has 6 nitrogen and oxygen atoms in total. The van der Waals surface area contributed by atoms with Crippen molar-refractivity contribution in [3.8, 4) is 22.6 Å². The van der Waals surface area contributed by atoms with E-state index < -0.39 is 0 Å². The topological polar surface area (TPSA) is 74.7 Å². The molecular formula is C19H21Cl2N3O3. The fourth-order valence-electron chi connectivity index (χ4n) is 3.22. The number of benzene rings is 1. The summed E-state index contributed by atoms with van der Waals surface area (Å²) in [6.07, 6.45) is 7.29. The number of amides is 1. The first-order valence-electron chi connectivity index (χ1n) is 8.30. The molecule has 144 valence electrons. The highest BCUT2D eigenvalue weighted by Gasteiger charge is 2.27. The Hall–Kier alpha value is -2.28. The minimum Gasteiger partial charge on any atom is -0.504 e. The van der Waals surface area contributed by atoms with Crippen LogP contribution in [0.3, 0.4) is 0 Å². The highest BCUT2D eigenvalue weighted by molar-refractivity contribution is 5.86. The number of pyridine rings is 1. The Morgan fingerprint density at radius 1 is 1.30 bits per heavy atom. The van der Waals surface area contributed by atoms with E-state index in [0.29, 0.717) is 32.0 Å². The monoisotopic (exact) mass is 409 g/mol. The molecule has 0 radical (unpaired) electrons. The van der Waals surface area contributed by atoms with Gasteiger partial charge in [0.05, 0.1) is 6.54 Å². The molecule has 4 rings (SSSR count). The summed E-state index contributed by atoms with van der Waals surface area (Å²) in [5.74, 6) is 0.568. The van der Waals surface area contributed by atoms with E-state index in [4.69, 9.17) is 4.74 Å². The molecule has 1 unspecified atom stereocenters. The molecule has 2 aliphatic heterocycles. The number of nitrogens with zero attached hydrogens (tertiary/aromatic N) is 2. The van der Waals surface area contributed by atoms with Crippen LogP contribution >= 0.6 is 24.8 Å². The lowest BCUT2D eigenvalue weighted by Gasteiger charge is -2.23. The maximum absolute atomic E-state index is 12.7. The van der Waals surface area contributed by atoms with Gasteiger partial charge in [-0.3, -0.25) is 15.1 Å². The Morgan fingerprint density at radius 3 is 2.85 bits per heavy atom. The summed E-state index contributed by atoms with van der Waals surface area (Å²) in [6.45, 7) is 1.96. The van der Waals surface area contributed by atoms with Gasteiger partial charge < -0.3 is 14.7 Å². The van der Waals surface area contributed by atoms with Crippen LogP contribution in [0.2, 0.25) is 0 Å². The van der Waals surface area contributed by atoms with Crippen LogP contribution in [0.5, 0.6) is 11.5 Å². The molecule has 27 heavy (non-hydrogen) atoms. The van der Waals surface area contributed by atoms with E-state index in [2.05, 4.69) is 10.3 Å². The Bertz CT molecular complexity index is 830. The van der Waals surface area contributed by atoms with Gasteiger partial charge >= 0.3 is 0 Å². The van der Waals surface area contributed by atoms with Crippen molar-refractivity contribution in [1.82, 2.24) is 15.2 Å². The average Bonchev–Trinajstić information content (AvgIpc) is 3.08. The first-order chi connectivity index (χ1) is 12.2. The van der Waals surface area contributed by atoms with E-state index >= 15 is 0 Å². The summed E-state index contributed by atoms with van der Waals surface area (Å²) in [4.78, 5) is 18.6. The van der Waals surface area contributed by atoms with Gasteiger partial charge in [-0.2, -0.15) is 0 Å². The van der Waals surface area contributed by atoms with Crippen LogP contribution in [0.4, 0.5) is 0 Å². The second-order valence-corrected chi connectivity index (χ2v) is 6.15. The van der Waals surface area contributed by atoms with Crippen molar-refractivity contribution in [1.29, 1.82) is 0 Å². The Balaban J connectivity index is 0.00000131. The molecule has 1 atom stereocenters. The minimum atomic E-state index is -0.281. The third kappa shape index (κ3) is 4.35. The number of carbonyl (C=O) groups excluding carboxylic acids is 1. The predicted molar refractivity (Wildman–Crippen MR) is 108 cm³/mol. The van der Waals surface area contributed by atoms with Crippen molar-refractivity contribution in [3.05, 3.63) is 54.4 Å². The van der Waals surface area contributed by atoms with Crippen LogP contribution in [-0.4, -0.2) is 46.6 Å². The number of aromatic hydroxyl groups is 1. The molecule has 3 heterocycles. The SMILES string of the molecule is Cl.Cl.O=C(C1C=CCN1)N1CCOc2c(O)cc(-c3cccnc3)cc2C1. The smallest absolute Gasteiger partial charge is 0.244 e. The highest BCUT2D eigenvalue weighted by atomic mass is 35.5. The molecule has 2 N–H and O–H groups in total. The second-order valence-electron chi connectivity index (χ2n) is 6.15. The number of phenols is 1. The van der Waals surface area contributed by atoms with Gasteiger partial charge in [0.25, 0.3) is 0 Å². The lowest BCUT2D eigenvalue weighted by Crippen LogP contribution is -2.44. The maximum atomic E-state index is 12.7. The summed E-state index contributed by atoms with van der Waals surface area (Å²) in [6, 6.07) is 7.13. The van der Waals surface area contributed by atoms with Gasteiger partial charge in [-0.15, -0.1) is 24.8 Å². The zero-order valence-corrected chi connectivity index (χ0v) is 16.1. The normalized spacial score (nSPS) is 17.8. The van der Waals surface area contributed by atoms with E-state index in [9.17, 15) is 9.90 Å². The molecule has 1 aromatic carbocycles. The predicted octanol–water partition coefficient (Wildman–Crippen LogP) is 2.55. The van der Waals surface area contributed by atoms with Crippen LogP contribution in [0.15, 0.2) is 48.8 Å². The summed E-state index contributed by atoms with van der Waals surface area (Å²) in [7, 11) is 0. The minimum absolute atomic E-state index is 0. The second kappa shape index (κ2) is 9.08. The number of fused-ring (bicyclic) bond motifs is 1. The van der Waals surface area contributed by atoms with Crippen LogP contribution in [0.1, 0.15) is 5.56 Å². The summed E-state index contributed by atoms with van der Waals surface area (Å²) >= 11 is 0. The number of carbonyl (C=O) groups is 1. The molecule has 0 bridgehead atoms. The number of hydrogen-bond acceptors (Lipinski definition) is 5. The molecule has 2 aliphatic rings. The number of aromatic nitrogens is 1. The zero-order chi connectivity index (χ0) is 17.2. The Morgan fingerprint density at radius 2 is 2.15 bits per heavy atom. The zero-order valence-electron chi connectivity index (χ0n) is 14.5. The van der Waals surface area contributed by atoms with Crippen molar-refractivity contribution in [2.75, 3.05) is 19.7 Å². The third-order valence-electron chi connectivity index (χ3n) is 4.47. The van der Waals surface area contributed by atoms with E-state index in [1.54, 1.807) is 23.4 Å². The van der Waals surface area contributed by atoms with Crippen molar-refractivity contribution < 1.29 is 14.6 Å². The molecule has 0 aliphatic carbocycles. The molecule has 8 heteroatoms. The van der Waals surface area contributed by atoms with E-state index in [0.717, 1.165) is 16.7 Å². The largest absolute Gasteiger partial charge is 0.504 e. The van der Waals surface area contributed by atoms with Gasteiger partial charge in [0, 0.05) is 36.6 Å². The van der Waals surface area contributed by atoms with Crippen LogP contribution < -0.4 is 10.1 Å². The number of hydrogen-bond donors (Lipinski definition) is 2. The van der Waals surface area contributed by atoms with Gasteiger partial charge in [0.1, 0.15) is 12.6 Å². The van der Waals surface area contributed by atoms with Crippen molar-refractivity contribution >= 4 is 30.7 Å². The van der Waals surface area contributed by atoms with Gasteiger partial charge in [0.15, 0.2) is 11.5 Å². The quantitative estimate of drug-likeness (QED) is 0.745. The van der Waals surface area contributed by atoms with Crippen molar-refractivity contribution in [2.45, 2.75) is 12.6 Å². The number of nitrogens with one attached hydrogen (secondary N) is 1. The summed E-state index contributed by atoms with van der Waals surface area (Å²) in [5.41, 5.74) is 2.55. The lowest BCUT2D eigenvalue weighted by atomic mass is 10.0. The molecule has 1 aromatic heterocycles. The number of ether oxygens (including phenoxy) is 1. The Kier molecular flexibility index (Phi) is 7.07. The van der Waals surface area contributed by atoms with E-state index in [1.807, 2.05) is 30.4 Å². The van der Waals surface area contributed by atoms with Gasteiger partial charge in [0.2, 0.25) is 5.91 Å². The molecule has 2 aromatic rings. The first-order valence-corrected chi connectivity index (χ1v) is 8.30. The van der Waals surface area contributed by atoms with Gasteiger partial charge in [-0.1, -0.05) is 18.2 Å².